The molecule has 0 spiro atoms. The zero-order chi connectivity index (χ0) is 16.3. The molecule has 22 heavy (non-hydrogen) atoms. The van der Waals surface area contributed by atoms with Crippen LogP contribution >= 0.6 is 0 Å². The van der Waals surface area contributed by atoms with E-state index in [1.54, 1.807) is 18.2 Å². The van der Waals surface area contributed by atoms with Gasteiger partial charge in [0.25, 0.3) is 5.91 Å². The van der Waals surface area contributed by atoms with Gasteiger partial charge in [0.1, 0.15) is 5.69 Å². The molecular formula is C15H10F3N3O. The van der Waals surface area contributed by atoms with E-state index in [1.807, 2.05) is 6.07 Å². The first kappa shape index (κ1) is 15.5. The molecule has 0 radical (unpaired) electrons. The molecule has 0 atom stereocenters. The third kappa shape index (κ3) is 3.41. The highest BCUT2D eigenvalue weighted by molar-refractivity contribution is 6.05. The lowest BCUT2D eigenvalue weighted by atomic mass is 10.1. The lowest BCUT2D eigenvalue weighted by Gasteiger charge is -2.10. The number of hydrogen-bond acceptors (Lipinski definition) is 3. The first-order valence-electron chi connectivity index (χ1n) is 6.17. The number of amides is 1. The van der Waals surface area contributed by atoms with Gasteiger partial charge >= 0.3 is 6.18 Å². The van der Waals surface area contributed by atoms with Crippen LogP contribution in [-0.2, 0) is 6.18 Å². The molecule has 0 bridgehead atoms. The van der Waals surface area contributed by atoms with Crippen LogP contribution in [0, 0.1) is 18.3 Å². The van der Waals surface area contributed by atoms with E-state index < -0.39 is 17.8 Å². The second-order valence-corrected chi connectivity index (χ2v) is 4.47. The second-order valence-electron chi connectivity index (χ2n) is 4.47. The van der Waals surface area contributed by atoms with Crippen molar-refractivity contribution in [2.75, 3.05) is 5.32 Å². The van der Waals surface area contributed by atoms with Crippen molar-refractivity contribution < 1.29 is 18.0 Å². The SMILES string of the molecule is Cc1nc(C(F)(F)F)ccc1C(=O)Nc1cccc(C#N)c1. The first-order valence-corrected chi connectivity index (χ1v) is 6.17. The number of rotatable bonds is 2. The van der Waals surface area contributed by atoms with Gasteiger partial charge in [-0.05, 0) is 37.3 Å². The normalized spacial score (nSPS) is 10.9. The Kier molecular flexibility index (Phi) is 4.13. The van der Waals surface area contributed by atoms with Crippen LogP contribution in [-0.4, -0.2) is 10.9 Å². The number of pyridine rings is 1. The van der Waals surface area contributed by atoms with E-state index in [1.165, 1.54) is 13.0 Å². The highest BCUT2D eigenvalue weighted by Crippen LogP contribution is 2.28. The molecule has 0 saturated carbocycles. The summed E-state index contributed by atoms with van der Waals surface area (Å²) < 4.78 is 37.6. The summed E-state index contributed by atoms with van der Waals surface area (Å²) in [5, 5.41) is 11.3. The fourth-order valence-corrected chi connectivity index (χ4v) is 1.82. The summed E-state index contributed by atoms with van der Waals surface area (Å²) in [7, 11) is 0. The fraction of sp³-hybridized carbons (Fsp3) is 0.133. The minimum absolute atomic E-state index is 0.0243. The maximum Gasteiger partial charge on any atom is 0.433 e. The average molecular weight is 305 g/mol. The minimum Gasteiger partial charge on any atom is -0.322 e. The van der Waals surface area contributed by atoms with Crippen molar-refractivity contribution in [1.29, 1.82) is 5.26 Å². The van der Waals surface area contributed by atoms with E-state index in [0.717, 1.165) is 12.1 Å². The Labute approximate surface area is 124 Å². The Balaban J connectivity index is 2.25. The smallest absolute Gasteiger partial charge is 0.322 e. The van der Waals surface area contributed by atoms with Crippen molar-refractivity contribution in [2.45, 2.75) is 13.1 Å². The molecule has 7 heteroatoms. The van der Waals surface area contributed by atoms with E-state index in [2.05, 4.69) is 10.3 Å². The third-order valence-corrected chi connectivity index (χ3v) is 2.87. The van der Waals surface area contributed by atoms with Gasteiger partial charge in [-0.1, -0.05) is 6.07 Å². The van der Waals surface area contributed by atoms with Crippen LogP contribution in [0.4, 0.5) is 18.9 Å². The molecule has 0 unspecified atom stereocenters. The molecule has 1 amide bonds. The number of benzene rings is 1. The van der Waals surface area contributed by atoms with Crippen LogP contribution in [0.2, 0.25) is 0 Å². The van der Waals surface area contributed by atoms with Gasteiger partial charge in [-0.3, -0.25) is 4.79 Å². The lowest BCUT2D eigenvalue weighted by Crippen LogP contribution is -2.16. The molecule has 2 rings (SSSR count). The van der Waals surface area contributed by atoms with Crippen LogP contribution < -0.4 is 5.32 Å². The lowest BCUT2D eigenvalue weighted by molar-refractivity contribution is -0.141. The molecule has 1 aromatic carbocycles. The summed E-state index contributed by atoms with van der Waals surface area (Å²) in [6.07, 6.45) is -4.55. The van der Waals surface area contributed by atoms with Gasteiger partial charge in [-0.15, -0.1) is 0 Å². The van der Waals surface area contributed by atoms with Crippen molar-refractivity contribution in [1.82, 2.24) is 4.98 Å². The van der Waals surface area contributed by atoms with Crippen molar-refractivity contribution in [3.05, 3.63) is 58.9 Å². The van der Waals surface area contributed by atoms with Gasteiger partial charge in [-0.2, -0.15) is 18.4 Å². The second kappa shape index (κ2) is 5.85. The number of hydrogen-bond donors (Lipinski definition) is 1. The van der Waals surface area contributed by atoms with Crippen LogP contribution in [0.3, 0.4) is 0 Å². The number of alkyl halides is 3. The van der Waals surface area contributed by atoms with Crippen molar-refractivity contribution in [2.24, 2.45) is 0 Å². The van der Waals surface area contributed by atoms with Gasteiger partial charge in [-0.25, -0.2) is 4.98 Å². The van der Waals surface area contributed by atoms with Gasteiger partial charge in [0, 0.05) is 5.69 Å². The predicted molar refractivity (Wildman–Crippen MR) is 73.1 cm³/mol. The summed E-state index contributed by atoms with van der Waals surface area (Å²) in [6.45, 7) is 1.33. The Morgan fingerprint density at radius 2 is 2.00 bits per heavy atom. The van der Waals surface area contributed by atoms with Crippen LogP contribution in [0.1, 0.15) is 27.3 Å². The Hall–Kier alpha value is -2.88. The zero-order valence-corrected chi connectivity index (χ0v) is 11.4. The maximum atomic E-state index is 12.5. The quantitative estimate of drug-likeness (QED) is 0.923. The number of nitriles is 1. The van der Waals surface area contributed by atoms with Gasteiger partial charge in [0.05, 0.1) is 22.9 Å². The van der Waals surface area contributed by atoms with E-state index in [-0.39, 0.29) is 11.3 Å². The summed E-state index contributed by atoms with van der Waals surface area (Å²) in [4.78, 5) is 15.5. The number of carbonyl (C=O) groups excluding carboxylic acids is 1. The fourth-order valence-electron chi connectivity index (χ4n) is 1.82. The zero-order valence-electron chi connectivity index (χ0n) is 11.4. The maximum absolute atomic E-state index is 12.5. The summed E-state index contributed by atoms with van der Waals surface area (Å²) in [5.41, 5.74) is -0.296. The van der Waals surface area contributed by atoms with Crippen LogP contribution in [0.25, 0.3) is 0 Å². The molecule has 112 valence electrons. The van der Waals surface area contributed by atoms with Crippen LogP contribution in [0.5, 0.6) is 0 Å². The van der Waals surface area contributed by atoms with E-state index in [9.17, 15) is 18.0 Å². The topological polar surface area (TPSA) is 65.8 Å². The highest BCUT2D eigenvalue weighted by Gasteiger charge is 2.33. The molecule has 0 aliphatic rings. The molecule has 0 aliphatic heterocycles. The molecule has 1 N–H and O–H groups in total. The molecule has 1 heterocycles. The van der Waals surface area contributed by atoms with E-state index >= 15 is 0 Å². The Morgan fingerprint density at radius 3 is 2.59 bits per heavy atom. The summed E-state index contributed by atoms with van der Waals surface area (Å²) in [5.74, 6) is -0.589. The first-order chi connectivity index (χ1) is 10.3. The number of aryl methyl sites for hydroxylation is 1. The Morgan fingerprint density at radius 1 is 1.27 bits per heavy atom. The van der Waals surface area contributed by atoms with Crippen molar-refractivity contribution in [3.63, 3.8) is 0 Å². The molecule has 4 nitrogen and oxygen atoms in total. The van der Waals surface area contributed by atoms with E-state index in [4.69, 9.17) is 5.26 Å². The van der Waals surface area contributed by atoms with E-state index in [0.29, 0.717) is 11.3 Å². The van der Waals surface area contributed by atoms with Gasteiger partial charge in [0.15, 0.2) is 0 Å². The molecule has 0 fully saturated rings. The van der Waals surface area contributed by atoms with Gasteiger partial charge < -0.3 is 5.32 Å². The molecular weight excluding hydrogens is 295 g/mol. The molecule has 1 aromatic heterocycles. The van der Waals surface area contributed by atoms with Crippen LogP contribution in [0.15, 0.2) is 36.4 Å². The number of halogens is 3. The van der Waals surface area contributed by atoms with Crippen molar-refractivity contribution >= 4 is 11.6 Å². The summed E-state index contributed by atoms with van der Waals surface area (Å²) in [6, 6.07) is 9.96. The van der Waals surface area contributed by atoms with Crippen molar-refractivity contribution in [3.8, 4) is 6.07 Å². The Bertz CT molecular complexity index is 763. The molecule has 2 aromatic rings. The predicted octanol–water partition coefficient (Wildman–Crippen LogP) is 3.53. The monoisotopic (exact) mass is 305 g/mol. The van der Waals surface area contributed by atoms with Gasteiger partial charge in [0.2, 0.25) is 0 Å². The highest BCUT2D eigenvalue weighted by atomic mass is 19.4. The molecule has 0 saturated heterocycles. The summed E-state index contributed by atoms with van der Waals surface area (Å²) >= 11 is 0. The number of aromatic nitrogens is 1. The third-order valence-electron chi connectivity index (χ3n) is 2.87. The minimum atomic E-state index is -4.55. The number of carbonyl (C=O) groups is 1. The standard InChI is InChI=1S/C15H10F3N3O/c1-9-12(5-6-13(20-9)15(16,17)18)14(22)21-11-4-2-3-10(7-11)8-19/h2-7H,1H3,(H,21,22). The number of anilines is 1. The number of nitrogens with zero attached hydrogens (tertiary/aromatic N) is 2. The largest absolute Gasteiger partial charge is 0.433 e. The average Bonchev–Trinajstić information content (AvgIpc) is 2.46. The molecule has 0 aliphatic carbocycles. The number of nitrogens with one attached hydrogen (secondary N) is 1.